The van der Waals surface area contributed by atoms with Crippen molar-refractivity contribution in [1.82, 2.24) is 0 Å². The van der Waals surface area contributed by atoms with E-state index in [1.807, 2.05) is 0 Å². The van der Waals surface area contributed by atoms with Crippen LogP contribution in [-0.4, -0.2) is 17.6 Å². The maximum absolute atomic E-state index is 12.9. The van der Waals surface area contributed by atoms with Crippen LogP contribution < -0.4 is 5.73 Å². The highest BCUT2D eigenvalue weighted by atomic mass is 35.5. The average Bonchev–Trinajstić information content (AvgIpc) is 2.10. The molecule has 3 N–H and O–H groups in total. The van der Waals surface area contributed by atoms with Crippen molar-refractivity contribution >= 4 is 11.6 Å². The van der Waals surface area contributed by atoms with Crippen LogP contribution in [0.5, 0.6) is 5.75 Å². The first-order valence-electron chi connectivity index (χ1n) is 4.00. The summed E-state index contributed by atoms with van der Waals surface area (Å²) in [5, 5.41) is 9.12. The lowest BCUT2D eigenvalue weighted by molar-refractivity contribution is 0.0115. The molecular formula is C9H10ClF2NO. The summed E-state index contributed by atoms with van der Waals surface area (Å²) < 4.78 is 25.7. The van der Waals surface area contributed by atoms with Crippen molar-refractivity contribution in [3.05, 3.63) is 28.8 Å². The van der Waals surface area contributed by atoms with Gasteiger partial charge in [0.1, 0.15) is 5.75 Å². The fraction of sp³-hybridized carbons (Fsp3) is 0.333. The zero-order valence-corrected chi connectivity index (χ0v) is 8.06. The van der Waals surface area contributed by atoms with Crippen molar-refractivity contribution in [2.45, 2.75) is 12.3 Å². The molecule has 0 atom stereocenters. The lowest BCUT2D eigenvalue weighted by atomic mass is 10.1. The predicted octanol–water partition coefficient (Wildman–Crippen LogP) is 2.18. The van der Waals surface area contributed by atoms with Gasteiger partial charge in [0.15, 0.2) is 0 Å². The maximum atomic E-state index is 12.9. The highest BCUT2D eigenvalue weighted by Crippen LogP contribution is 2.27. The number of phenolic OH excluding ortho intramolecular Hbond substituents is 1. The number of nitrogens with two attached hydrogens (primary N) is 1. The van der Waals surface area contributed by atoms with Crippen LogP contribution in [-0.2, 0) is 6.42 Å². The minimum Gasteiger partial charge on any atom is -0.508 e. The highest BCUT2D eigenvalue weighted by Gasteiger charge is 2.27. The van der Waals surface area contributed by atoms with Gasteiger partial charge in [-0.15, -0.1) is 0 Å². The predicted molar refractivity (Wildman–Crippen MR) is 50.8 cm³/mol. The normalized spacial score (nSPS) is 11.7. The van der Waals surface area contributed by atoms with Crippen LogP contribution in [0.3, 0.4) is 0 Å². The molecule has 0 aliphatic carbocycles. The van der Waals surface area contributed by atoms with Gasteiger partial charge in [-0.2, -0.15) is 0 Å². The summed E-state index contributed by atoms with van der Waals surface area (Å²) in [6, 6.07) is 3.90. The molecule has 0 aliphatic rings. The van der Waals surface area contributed by atoms with E-state index in [2.05, 4.69) is 0 Å². The van der Waals surface area contributed by atoms with Gasteiger partial charge >= 0.3 is 0 Å². The summed E-state index contributed by atoms with van der Waals surface area (Å²) in [5.74, 6) is -3.00. The van der Waals surface area contributed by atoms with E-state index < -0.39 is 18.9 Å². The number of aromatic hydroxyl groups is 1. The van der Waals surface area contributed by atoms with E-state index in [0.29, 0.717) is 0 Å². The Morgan fingerprint density at radius 1 is 1.43 bits per heavy atom. The Bertz CT molecular complexity index is 331. The Labute approximate surface area is 85.3 Å². The SMILES string of the molecule is NCC(F)(F)Cc1ccc(O)cc1Cl. The molecular weight excluding hydrogens is 212 g/mol. The van der Waals surface area contributed by atoms with Gasteiger partial charge in [0.25, 0.3) is 5.92 Å². The molecule has 0 amide bonds. The first kappa shape index (κ1) is 11.2. The smallest absolute Gasteiger partial charge is 0.264 e. The zero-order valence-electron chi connectivity index (χ0n) is 7.30. The minimum atomic E-state index is -2.96. The number of halogens is 3. The summed E-state index contributed by atoms with van der Waals surface area (Å²) in [4.78, 5) is 0. The molecule has 0 saturated carbocycles. The zero-order chi connectivity index (χ0) is 10.8. The summed E-state index contributed by atoms with van der Waals surface area (Å²) in [5.41, 5.74) is 5.17. The van der Waals surface area contributed by atoms with E-state index in [1.165, 1.54) is 18.2 Å². The topological polar surface area (TPSA) is 46.2 Å². The van der Waals surface area contributed by atoms with Crippen LogP contribution in [0.15, 0.2) is 18.2 Å². The molecule has 0 saturated heterocycles. The van der Waals surface area contributed by atoms with Crippen molar-refractivity contribution in [2.75, 3.05) is 6.54 Å². The van der Waals surface area contributed by atoms with E-state index >= 15 is 0 Å². The average molecular weight is 222 g/mol. The molecule has 5 heteroatoms. The molecule has 1 rings (SSSR count). The van der Waals surface area contributed by atoms with Gasteiger partial charge in [0.05, 0.1) is 6.54 Å². The van der Waals surface area contributed by atoms with Crippen molar-refractivity contribution in [3.63, 3.8) is 0 Å². The maximum Gasteiger partial charge on any atom is 0.264 e. The first-order chi connectivity index (χ1) is 6.44. The largest absolute Gasteiger partial charge is 0.508 e. The number of alkyl halides is 2. The molecule has 0 aliphatic heterocycles. The van der Waals surface area contributed by atoms with E-state index in [9.17, 15) is 8.78 Å². The number of hydrogen-bond acceptors (Lipinski definition) is 2. The molecule has 0 heterocycles. The first-order valence-corrected chi connectivity index (χ1v) is 4.38. The minimum absolute atomic E-state index is 0.0465. The molecule has 0 radical (unpaired) electrons. The van der Waals surface area contributed by atoms with Crippen LogP contribution in [0, 0.1) is 0 Å². The van der Waals surface area contributed by atoms with Gasteiger partial charge in [-0.3, -0.25) is 0 Å². The van der Waals surface area contributed by atoms with Gasteiger partial charge in [-0.25, -0.2) is 8.78 Å². The Morgan fingerprint density at radius 3 is 2.57 bits per heavy atom. The number of rotatable bonds is 3. The number of benzene rings is 1. The molecule has 14 heavy (non-hydrogen) atoms. The fourth-order valence-electron chi connectivity index (χ4n) is 1.03. The van der Waals surface area contributed by atoms with Crippen molar-refractivity contribution < 1.29 is 13.9 Å². The van der Waals surface area contributed by atoms with Gasteiger partial charge in [0, 0.05) is 11.4 Å². The van der Waals surface area contributed by atoms with Gasteiger partial charge in [-0.05, 0) is 17.7 Å². The lowest BCUT2D eigenvalue weighted by Crippen LogP contribution is -2.30. The standard InChI is InChI=1S/C9H10ClF2NO/c10-8-3-7(14)2-1-6(8)4-9(11,12)5-13/h1-3,14H,4-5,13H2. The molecule has 0 spiro atoms. The number of phenols is 1. The third kappa shape index (κ3) is 2.82. The Balaban J connectivity index is 2.87. The molecule has 2 nitrogen and oxygen atoms in total. The second kappa shape index (κ2) is 4.11. The molecule has 1 aromatic carbocycles. The van der Waals surface area contributed by atoms with Crippen LogP contribution >= 0.6 is 11.6 Å². The Morgan fingerprint density at radius 2 is 2.07 bits per heavy atom. The van der Waals surface area contributed by atoms with Crippen LogP contribution in [0.4, 0.5) is 8.78 Å². The Hall–Kier alpha value is -0.870. The molecule has 0 unspecified atom stereocenters. The van der Waals surface area contributed by atoms with Crippen molar-refractivity contribution in [2.24, 2.45) is 5.73 Å². The molecule has 0 bridgehead atoms. The van der Waals surface area contributed by atoms with E-state index in [0.717, 1.165) is 0 Å². The van der Waals surface area contributed by atoms with E-state index in [4.69, 9.17) is 22.4 Å². The molecule has 0 fully saturated rings. The third-order valence-electron chi connectivity index (χ3n) is 1.78. The monoisotopic (exact) mass is 221 g/mol. The summed E-state index contributed by atoms with van der Waals surface area (Å²) >= 11 is 5.66. The summed E-state index contributed by atoms with van der Waals surface area (Å²) in [6.45, 7) is -0.718. The van der Waals surface area contributed by atoms with Gasteiger partial charge in [-0.1, -0.05) is 17.7 Å². The van der Waals surface area contributed by atoms with Gasteiger partial charge in [0.2, 0.25) is 0 Å². The third-order valence-corrected chi connectivity index (χ3v) is 2.14. The Kier molecular flexibility index (Phi) is 3.29. The fourth-order valence-corrected chi connectivity index (χ4v) is 1.27. The van der Waals surface area contributed by atoms with Gasteiger partial charge < -0.3 is 10.8 Å². The lowest BCUT2D eigenvalue weighted by Gasteiger charge is -2.14. The second-order valence-electron chi connectivity index (χ2n) is 3.01. The highest BCUT2D eigenvalue weighted by molar-refractivity contribution is 6.31. The number of hydrogen-bond donors (Lipinski definition) is 2. The summed E-state index contributed by atoms with van der Waals surface area (Å²) in [7, 11) is 0. The molecule has 78 valence electrons. The second-order valence-corrected chi connectivity index (χ2v) is 3.42. The van der Waals surface area contributed by atoms with E-state index in [-0.39, 0.29) is 16.3 Å². The van der Waals surface area contributed by atoms with Crippen molar-refractivity contribution in [3.8, 4) is 5.75 Å². The van der Waals surface area contributed by atoms with Crippen molar-refractivity contribution in [1.29, 1.82) is 0 Å². The van der Waals surface area contributed by atoms with Crippen LogP contribution in [0.25, 0.3) is 0 Å². The molecule has 0 aromatic heterocycles. The quantitative estimate of drug-likeness (QED) is 0.822. The van der Waals surface area contributed by atoms with E-state index in [1.54, 1.807) is 0 Å². The van der Waals surface area contributed by atoms with Crippen LogP contribution in [0.1, 0.15) is 5.56 Å². The molecule has 1 aromatic rings. The van der Waals surface area contributed by atoms with Crippen LogP contribution in [0.2, 0.25) is 5.02 Å². The summed E-state index contributed by atoms with van der Waals surface area (Å²) in [6.07, 6.45) is -0.511.